The second-order valence-electron chi connectivity index (χ2n) is 7.21. The Bertz CT molecular complexity index is 991. The van der Waals surface area contributed by atoms with E-state index in [0.717, 1.165) is 41.3 Å². The van der Waals surface area contributed by atoms with E-state index in [4.69, 9.17) is 23.2 Å². The van der Waals surface area contributed by atoms with Gasteiger partial charge in [0.25, 0.3) is 0 Å². The van der Waals surface area contributed by atoms with E-state index in [1.165, 1.54) is 5.56 Å². The van der Waals surface area contributed by atoms with Gasteiger partial charge in [0.05, 0.1) is 10.0 Å². The molecule has 0 radical (unpaired) electrons. The number of aryl methyl sites for hydroxylation is 1. The molecule has 0 spiro atoms. The maximum atomic E-state index is 12.6. The zero-order valence-corrected chi connectivity index (χ0v) is 16.7. The average Bonchev–Trinajstić information content (AvgIpc) is 3.37. The van der Waals surface area contributed by atoms with Crippen molar-refractivity contribution in [3.05, 3.63) is 69.3 Å². The van der Waals surface area contributed by atoms with Gasteiger partial charge in [0.1, 0.15) is 0 Å². The summed E-state index contributed by atoms with van der Waals surface area (Å²) in [5, 5.41) is 5.29. The highest BCUT2D eigenvalue weighted by Crippen LogP contribution is 2.37. The van der Waals surface area contributed by atoms with Crippen LogP contribution in [0.4, 0.5) is 0 Å². The Kier molecular flexibility index (Phi) is 5.16. The average molecular weight is 401 g/mol. The van der Waals surface area contributed by atoms with Crippen LogP contribution in [0.3, 0.4) is 0 Å². The minimum absolute atomic E-state index is 0.0783. The summed E-state index contributed by atoms with van der Waals surface area (Å²) in [5.74, 6) is -0.00561. The van der Waals surface area contributed by atoms with E-state index >= 15 is 0 Å². The predicted octanol–water partition coefficient (Wildman–Crippen LogP) is 5.84. The van der Waals surface area contributed by atoms with Gasteiger partial charge in [0.2, 0.25) is 5.91 Å². The topological polar surface area (TPSA) is 44.9 Å². The summed E-state index contributed by atoms with van der Waals surface area (Å²) >= 11 is 12.4. The quantitative estimate of drug-likeness (QED) is 0.536. The fourth-order valence-electron chi connectivity index (χ4n) is 3.66. The lowest BCUT2D eigenvalue weighted by atomic mass is 9.87. The molecule has 3 aromatic rings. The number of hydrogen-bond acceptors (Lipinski definition) is 1. The van der Waals surface area contributed by atoms with Crippen molar-refractivity contribution in [2.75, 3.05) is 0 Å². The zero-order valence-electron chi connectivity index (χ0n) is 15.2. The van der Waals surface area contributed by atoms with Crippen molar-refractivity contribution >= 4 is 40.0 Å². The molecule has 5 heteroatoms. The van der Waals surface area contributed by atoms with Gasteiger partial charge < -0.3 is 10.3 Å². The van der Waals surface area contributed by atoms with Crippen LogP contribution in [0.15, 0.2) is 42.6 Å². The highest BCUT2D eigenvalue weighted by atomic mass is 35.5. The summed E-state index contributed by atoms with van der Waals surface area (Å²) in [6.07, 6.45) is 5.53. The molecule has 1 aliphatic rings. The molecule has 140 valence electrons. The minimum atomic E-state index is -0.0839. The number of benzene rings is 2. The molecule has 1 amide bonds. The van der Waals surface area contributed by atoms with E-state index in [1.54, 1.807) is 6.07 Å². The molecule has 27 heavy (non-hydrogen) atoms. The fraction of sp³-hybridized carbons (Fsp3) is 0.318. The molecule has 0 aliphatic heterocycles. The van der Waals surface area contributed by atoms with E-state index in [2.05, 4.69) is 35.4 Å². The third kappa shape index (κ3) is 3.85. The van der Waals surface area contributed by atoms with Gasteiger partial charge in [-0.25, -0.2) is 0 Å². The molecule has 1 atom stereocenters. The normalized spacial score (nSPS) is 15.1. The molecule has 1 aliphatic carbocycles. The van der Waals surface area contributed by atoms with Crippen LogP contribution < -0.4 is 5.32 Å². The maximum absolute atomic E-state index is 12.6. The van der Waals surface area contributed by atoms with Crippen LogP contribution in [0.5, 0.6) is 0 Å². The standard InChI is InChI=1S/C22H22Cl2N2O/c1-2-13-4-3-5-16-18(12-25-22(13)16)17(11-21(27)26-15-7-8-15)14-6-9-19(23)20(24)10-14/h3-6,9-10,12,15,17,25H,2,7-8,11H2,1H3,(H,26,27)/t17-/m0/s1. The number of carbonyl (C=O) groups is 1. The largest absolute Gasteiger partial charge is 0.361 e. The first-order valence-electron chi connectivity index (χ1n) is 9.40. The van der Waals surface area contributed by atoms with Crippen molar-refractivity contribution in [3.8, 4) is 0 Å². The number of hydrogen-bond donors (Lipinski definition) is 2. The molecular formula is C22H22Cl2N2O. The van der Waals surface area contributed by atoms with Crippen LogP contribution in [-0.4, -0.2) is 16.9 Å². The molecule has 0 saturated heterocycles. The first kappa shape index (κ1) is 18.4. The first-order valence-corrected chi connectivity index (χ1v) is 10.2. The van der Waals surface area contributed by atoms with E-state index in [0.29, 0.717) is 22.5 Å². The monoisotopic (exact) mass is 400 g/mol. The first-order chi connectivity index (χ1) is 13.1. The van der Waals surface area contributed by atoms with Gasteiger partial charge >= 0.3 is 0 Å². The molecule has 0 unspecified atom stereocenters. The fourth-order valence-corrected chi connectivity index (χ4v) is 3.96. The second-order valence-corrected chi connectivity index (χ2v) is 8.02. The Morgan fingerprint density at radius 1 is 1.22 bits per heavy atom. The Balaban J connectivity index is 1.77. The number of para-hydroxylation sites is 1. The Labute approximate surface area is 169 Å². The third-order valence-electron chi connectivity index (χ3n) is 5.27. The third-order valence-corrected chi connectivity index (χ3v) is 6.01. The number of aromatic nitrogens is 1. The lowest BCUT2D eigenvalue weighted by Gasteiger charge is -2.18. The zero-order chi connectivity index (χ0) is 19.0. The van der Waals surface area contributed by atoms with Gasteiger partial charge in [0, 0.05) is 35.5 Å². The number of aromatic amines is 1. The van der Waals surface area contributed by atoms with E-state index in [-0.39, 0.29) is 11.8 Å². The number of rotatable bonds is 6. The van der Waals surface area contributed by atoms with Gasteiger partial charge in [-0.05, 0) is 48.1 Å². The SMILES string of the molecule is CCc1cccc2c([C@@H](CC(=O)NC3CC3)c3ccc(Cl)c(Cl)c3)c[nH]c12. The van der Waals surface area contributed by atoms with Gasteiger partial charge in [-0.2, -0.15) is 0 Å². The highest BCUT2D eigenvalue weighted by Gasteiger charge is 2.27. The Hall–Kier alpha value is -1.97. The molecular weight excluding hydrogens is 379 g/mol. The number of amides is 1. The maximum Gasteiger partial charge on any atom is 0.221 e. The Morgan fingerprint density at radius 3 is 2.74 bits per heavy atom. The molecule has 1 aromatic heterocycles. The van der Waals surface area contributed by atoms with Crippen molar-refractivity contribution < 1.29 is 4.79 Å². The van der Waals surface area contributed by atoms with Crippen LogP contribution in [-0.2, 0) is 11.2 Å². The molecule has 2 aromatic carbocycles. The van der Waals surface area contributed by atoms with Crippen molar-refractivity contribution in [1.82, 2.24) is 10.3 Å². The molecule has 1 saturated carbocycles. The molecule has 0 bridgehead atoms. The number of nitrogens with one attached hydrogen (secondary N) is 2. The van der Waals surface area contributed by atoms with Crippen molar-refractivity contribution in [2.24, 2.45) is 0 Å². The van der Waals surface area contributed by atoms with Gasteiger partial charge in [-0.3, -0.25) is 4.79 Å². The van der Waals surface area contributed by atoms with Crippen molar-refractivity contribution in [1.29, 1.82) is 0 Å². The number of carbonyl (C=O) groups excluding carboxylic acids is 1. The summed E-state index contributed by atoms with van der Waals surface area (Å²) in [7, 11) is 0. The second kappa shape index (κ2) is 7.57. The van der Waals surface area contributed by atoms with Crippen molar-refractivity contribution in [3.63, 3.8) is 0 Å². The van der Waals surface area contributed by atoms with E-state index in [9.17, 15) is 4.79 Å². The molecule has 1 heterocycles. The highest BCUT2D eigenvalue weighted by molar-refractivity contribution is 6.42. The number of H-pyrrole nitrogens is 1. The minimum Gasteiger partial charge on any atom is -0.361 e. The summed E-state index contributed by atoms with van der Waals surface area (Å²) in [4.78, 5) is 16.0. The lowest BCUT2D eigenvalue weighted by Crippen LogP contribution is -2.27. The Morgan fingerprint density at radius 2 is 2.04 bits per heavy atom. The summed E-state index contributed by atoms with van der Waals surface area (Å²) in [6, 6.07) is 12.3. The molecule has 2 N–H and O–H groups in total. The molecule has 4 rings (SSSR count). The summed E-state index contributed by atoms with van der Waals surface area (Å²) in [5.41, 5.74) is 4.53. The number of fused-ring (bicyclic) bond motifs is 1. The van der Waals surface area contributed by atoms with Gasteiger partial charge in [0.15, 0.2) is 0 Å². The summed E-state index contributed by atoms with van der Waals surface area (Å²) in [6.45, 7) is 2.15. The molecule has 1 fully saturated rings. The van der Waals surface area contributed by atoms with Gasteiger partial charge in [-0.15, -0.1) is 0 Å². The van der Waals surface area contributed by atoms with Crippen LogP contribution in [0.2, 0.25) is 10.0 Å². The van der Waals surface area contributed by atoms with E-state index in [1.807, 2.05) is 18.3 Å². The molecule has 3 nitrogen and oxygen atoms in total. The van der Waals surface area contributed by atoms with Gasteiger partial charge in [-0.1, -0.05) is 54.4 Å². The van der Waals surface area contributed by atoms with Crippen LogP contribution in [0.25, 0.3) is 10.9 Å². The van der Waals surface area contributed by atoms with E-state index < -0.39 is 0 Å². The number of halogens is 2. The van der Waals surface area contributed by atoms with Crippen LogP contribution in [0.1, 0.15) is 48.8 Å². The van der Waals surface area contributed by atoms with Crippen molar-refractivity contribution in [2.45, 2.75) is 44.6 Å². The smallest absolute Gasteiger partial charge is 0.221 e. The predicted molar refractivity (Wildman–Crippen MR) is 112 cm³/mol. The lowest BCUT2D eigenvalue weighted by molar-refractivity contribution is -0.121. The van der Waals surface area contributed by atoms with Crippen LogP contribution >= 0.6 is 23.2 Å². The van der Waals surface area contributed by atoms with Crippen LogP contribution in [0, 0.1) is 0 Å². The summed E-state index contributed by atoms with van der Waals surface area (Å²) < 4.78 is 0.